The minimum Gasteiger partial charge on any atom is -0.352 e. The molecule has 1 aliphatic rings. The Bertz CT molecular complexity index is 451. The van der Waals surface area contributed by atoms with E-state index in [1.54, 1.807) is 0 Å². The van der Waals surface area contributed by atoms with Gasteiger partial charge in [0.25, 0.3) is 5.91 Å². The van der Waals surface area contributed by atoms with Crippen LogP contribution < -0.4 is 10.6 Å². The van der Waals surface area contributed by atoms with Crippen molar-refractivity contribution in [2.75, 3.05) is 13.1 Å². The maximum atomic E-state index is 12.0. The van der Waals surface area contributed by atoms with Crippen LogP contribution >= 0.6 is 0 Å². The van der Waals surface area contributed by atoms with Crippen molar-refractivity contribution in [1.29, 1.82) is 0 Å². The third-order valence-corrected chi connectivity index (χ3v) is 3.30. The van der Waals surface area contributed by atoms with E-state index < -0.39 is 0 Å². The van der Waals surface area contributed by atoms with Crippen molar-refractivity contribution in [3.63, 3.8) is 0 Å². The standard InChI is InChI=1S/C19H30N2O/c1-19(2,3)21-16-12-8-7-11-15-20-18(22)17-13-9-5-4-6-10-14-17/h4-6,9-10,13-14,21H,7-8,11-12,15-16H2,1-3H3,(H,20,22)/b5-4-,6-4?,9-5?,10-6-,13-9-,14-10?,17-13?,17-14+. The van der Waals surface area contributed by atoms with Gasteiger partial charge in [0.2, 0.25) is 0 Å². The summed E-state index contributed by atoms with van der Waals surface area (Å²) in [5.74, 6) is 0.00518. The monoisotopic (exact) mass is 302 g/mol. The molecule has 0 fully saturated rings. The molecule has 3 nitrogen and oxygen atoms in total. The van der Waals surface area contributed by atoms with E-state index in [-0.39, 0.29) is 11.4 Å². The lowest BCUT2D eigenvalue weighted by Crippen LogP contribution is -2.36. The third-order valence-electron chi connectivity index (χ3n) is 3.30. The zero-order chi connectivity index (χ0) is 16.3. The summed E-state index contributed by atoms with van der Waals surface area (Å²) in [6.45, 7) is 8.37. The zero-order valence-electron chi connectivity index (χ0n) is 14.2. The highest BCUT2D eigenvalue weighted by Crippen LogP contribution is 2.04. The molecule has 0 saturated heterocycles. The highest BCUT2D eigenvalue weighted by atomic mass is 16.1. The topological polar surface area (TPSA) is 41.1 Å². The van der Waals surface area contributed by atoms with Crippen LogP contribution in [0, 0.1) is 0 Å². The molecule has 3 heteroatoms. The predicted molar refractivity (Wildman–Crippen MR) is 94.7 cm³/mol. The summed E-state index contributed by atoms with van der Waals surface area (Å²) >= 11 is 0. The number of hydrogen-bond acceptors (Lipinski definition) is 2. The second kappa shape index (κ2) is 10.2. The van der Waals surface area contributed by atoms with Crippen molar-refractivity contribution < 1.29 is 4.79 Å². The Kier molecular flexibility index (Phi) is 8.53. The van der Waals surface area contributed by atoms with Crippen molar-refractivity contribution >= 4 is 5.91 Å². The van der Waals surface area contributed by atoms with Gasteiger partial charge in [-0.25, -0.2) is 0 Å². The maximum absolute atomic E-state index is 12.0. The molecule has 0 aromatic heterocycles. The fourth-order valence-corrected chi connectivity index (χ4v) is 2.09. The summed E-state index contributed by atoms with van der Waals surface area (Å²) in [4.78, 5) is 12.0. The smallest absolute Gasteiger partial charge is 0.251 e. The van der Waals surface area contributed by atoms with Gasteiger partial charge in [-0.05, 0) is 52.3 Å². The molecular formula is C19H30N2O. The molecule has 0 spiro atoms. The van der Waals surface area contributed by atoms with Gasteiger partial charge >= 0.3 is 0 Å². The molecule has 0 aromatic carbocycles. The van der Waals surface area contributed by atoms with E-state index in [9.17, 15) is 4.79 Å². The summed E-state index contributed by atoms with van der Waals surface area (Å²) in [7, 11) is 0. The van der Waals surface area contributed by atoms with Crippen LogP contribution in [0.2, 0.25) is 0 Å². The van der Waals surface area contributed by atoms with Gasteiger partial charge in [-0.3, -0.25) is 4.79 Å². The van der Waals surface area contributed by atoms with Crippen LogP contribution in [0.15, 0.2) is 48.1 Å². The number of rotatable bonds is 8. The Labute approximate surface area is 135 Å². The van der Waals surface area contributed by atoms with Gasteiger partial charge in [-0.1, -0.05) is 43.2 Å². The van der Waals surface area contributed by atoms with Crippen molar-refractivity contribution in [2.45, 2.75) is 52.0 Å². The minimum atomic E-state index is 0.00518. The van der Waals surface area contributed by atoms with Crippen LogP contribution in [0.4, 0.5) is 0 Å². The predicted octanol–water partition coefficient (Wildman–Crippen LogP) is 3.66. The highest BCUT2D eigenvalue weighted by molar-refractivity contribution is 5.96. The second-order valence-corrected chi connectivity index (χ2v) is 6.60. The average Bonchev–Trinajstić information content (AvgIpc) is 2.40. The van der Waals surface area contributed by atoms with Crippen molar-refractivity contribution in [2.24, 2.45) is 0 Å². The number of carbonyl (C=O) groups excluding carboxylic acids is 1. The molecule has 122 valence electrons. The third kappa shape index (κ3) is 9.35. The quantitative estimate of drug-likeness (QED) is 0.672. The van der Waals surface area contributed by atoms with Gasteiger partial charge in [0.1, 0.15) is 0 Å². The molecule has 1 amide bonds. The summed E-state index contributed by atoms with van der Waals surface area (Å²) < 4.78 is 0. The van der Waals surface area contributed by atoms with Crippen LogP contribution in [0.3, 0.4) is 0 Å². The largest absolute Gasteiger partial charge is 0.352 e. The number of carbonyl (C=O) groups is 1. The first-order valence-electron chi connectivity index (χ1n) is 8.24. The maximum Gasteiger partial charge on any atom is 0.251 e. The molecule has 0 aromatic rings. The van der Waals surface area contributed by atoms with Crippen LogP contribution in [-0.4, -0.2) is 24.5 Å². The van der Waals surface area contributed by atoms with E-state index >= 15 is 0 Å². The Hall–Kier alpha value is -1.61. The van der Waals surface area contributed by atoms with Crippen molar-refractivity contribution in [3.05, 3.63) is 48.1 Å². The summed E-state index contributed by atoms with van der Waals surface area (Å²) in [6, 6.07) is 0. The first-order chi connectivity index (χ1) is 10.5. The lowest BCUT2D eigenvalue weighted by atomic mass is 10.1. The number of allylic oxidation sites excluding steroid dienone is 6. The van der Waals surface area contributed by atoms with E-state index in [1.165, 1.54) is 12.8 Å². The number of amides is 1. The van der Waals surface area contributed by atoms with E-state index in [2.05, 4.69) is 31.4 Å². The fraction of sp³-hybridized carbons (Fsp3) is 0.526. The van der Waals surface area contributed by atoms with Crippen molar-refractivity contribution in [3.8, 4) is 0 Å². The summed E-state index contributed by atoms with van der Waals surface area (Å²) in [5.41, 5.74) is 0.908. The van der Waals surface area contributed by atoms with E-state index in [0.29, 0.717) is 5.57 Å². The molecule has 0 unspecified atom stereocenters. The summed E-state index contributed by atoms with van der Waals surface area (Å²) in [6.07, 6.45) is 17.8. The molecule has 0 atom stereocenters. The van der Waals surface area contributed by atoms with Gasteiger partial charge in [0.15, 0.2) is 0 Å². The lowest BCUT2D eigenvalue weighted by molar-refractivity contribution is -0.117. The fourth-order valence-electron chi connectivity index (χ4n) is 2.09. The molecule has 1 rings (SSSR count). The van der Waals surface area contributed by atoms with Gasteiger partial charge in [0.05, 0.1) is 0 Å². The second-order valence-electron chi connectivity index (χ2n) is 6.60. The van der Waals surface area contributed by atoms with Crippen LogP contribution in [0.25, 0.3) is 0 Å². The molecule has 0 radical (unpaired) electrons. The van der Waals surface area contributed by atoms with Gasteiger partial charge in [-0.2, -0.15) is 0 Å². The number of nitrogens with one attached hydrogen (secondary N) is 2. The molecular weight excluding hydrogens is 272 g/mol. The first kappa shape index (κ1) is 18.4. The molecule has 0 heterocycles. The summed E-state index contributed by atoms with van der Waals surface area (Å²) in [5, 5.41) is 6.47. The number of hydrogen-bond donors (Lipinski definition) is 2. The van der Waals surface area contributed by atoms with Gasteiger partial charge in [0, 0.05) is 17.7 Å². The highest BCUT2D eigenvalue weighted by Gasteiger charge is 2.07. The number of unbranched alkanes of at least 4 members (excludes halogenated alkanes) is 3. The minimum absolute atomic E-state index is 0.00518. The van der Waals surface area contributed by atoms with Gasteiger partial charge < -0.3 is 10.6 Å². The van der Waals surface area contributed by atoms with Crippen LogP contribution in [-0.2, 0) is 4.79 Å². The SMILES string of the molecule is CC(C)(C)NCCCCCCNC(=O)C1=C/C=C\C=C/C=C\1. The zero-order valence-corrected chi connectivity index (χ0v) is 14.2. The molecule has 2 N–H and O–H groups in total. The molecule has 1 aliphatic carbocycles. The van der Waals surface area contributed by atoms with E-state index in [1.807, 2.05) is 42.5 Å². The molecule has 22 heavy (non-hydrogen) atoms. The normalized spacial score (nSPS) is 21.1. The van der Waals surface area contributed by atoms with E-state index in [0.717, 1.165) is 25.9 Å². The van der Waals surface area contributed by atoms with Crippen LogP contribution in [0.1, 0.15) is 46.5 Å². The lowest BCUT2D eigenvalue weighted by Gasteiger charge is -2.20. The molecule has 0 bridgehead atoms. The van der Waals surface area contributed by atoms with E-state index in [4.69, 9.17) is 0 Å². The first-order valence-corrected chi connectivity index (χ1v) is 8.24. The van der Waals surface area contributed by atoms with Crippen molar-refractivity contribution in [1.82, 2.24) is 10.6 Å². The Balaban J connectivity index is 2.08. The Morgan fingerprint density at radius 2 is 1.55 bits per heavy atom. The Morgan fingerprint density at radius 3 is 2.27 bits per heavy atom. The Morgan fingerprint density at radius 1 is 0.909 bits per heavy atom. The van der Waals surface area contributed by atoms with Crippen LogP contribution in [0.5, 0.6) is 0 Å². The molecule has 0 saturated carbocycles. The van der Waals surface area contributed by atoms with Gasteiger partial charge in [-0.15, -0.1) is 0 Å². The average molecular weight is 302 g/mol. The molecule has 0 aliphatic heterocycles.